The molecule has 3 aromatic rings. The van der Waals surface area contributed by atoms with E-state index >= 15 is 0 Å². The number of anilines is 1. The molecular weight excluding hydrogens is 436 g/mol. The van der Waals surface area contributed by atoms with Crippen molar-refractivity contribution in [1.29, 1.82) is 0 Å². The first kappa shape index (κ1) is 22.3. The molecule has 1 saturated heterocycles. The number of rotatable bonds is 4. The van der Waals surface area contributed by atoms with E-state index in [2.05, 4.69) is 55.5 Å². The van der Waals surface area contributed by atoms with Gasteiger partial charge in [0.25, 0.3) is 0 Å². The highest BCUT2D eigenvalue weighted by molar-refractivity contribution is 7.91. The van der Waals surface area contributed by atoms with Gasteiger partial charge in [0.1, 0.15) is 10.6 Å². The topological polar surface area (TPSA) is 77.3 Å². The number of sulfone groups is 1. The summed E-state index contributed by atoms with van der Waals surface area (Å²) in [5.41, 5.74) is 2.57. The Balaban J connectivity index is 1.72. The Morgan fingerprint density at radius 2 is 1.91 bits per heavy atom. The molecular formula is C25H32N4O3S. The van der Waals surface area contributed by atoms with Crippen LogP contribution < -0.4 is 4.90 Å². The van der Waals surface area contributed by atoms with E-state index in [-0.39, 0.29) is 11.6 Å². The number of hydrogen-bond acceptors (Lipinski definition) is 6. The standard InChI is InChI=1S/C25H32N4O3S/c1-17-16-32-14-13-28(17)22-15-21(25(10-11-25)33(5,30)31)26-23(27-22)19-7-6-8-20-18(19)9-12-29(20)24(2,3)4/h6-9,12,15,17H,10-11,13-14,16H2,1-5H3/t17-/m1/s1. The van der Waals surface area contributed by atoms with Gasteiger partial charge in [0.15, 0.2) is 15.7 Å². The van der Waals surface area contributed by atoms with Gasteiger partial charge in [0.2, 0.25) is 0 Å². The van der Waals surface area contributed by atoms with Crippen molar-refractivity contribution in [2.24, 2.45) is 0 Å². The van der Waals surface area contributed by atoms with Gasteiger partial charge in [-0.05, 0) is 52.7 Å². The van der Waals surface area contributed by atoms with Crippen LogP contribution in [0.4, 0.5) is 5.82 Å². The highest BCUT2D eigenvalue weighted by atomic mass is 32.2. The fraction of sp³-hybridized carbons (Fsp3) is 0.520. The average molecular weight is 469 g/mol. The van der Waals surface area contributed by atoms with Gasteiger partial charge in [-0.3, -0.25) is 0 Å². The molecule has 7 nitrogen and oxygen atoms in total. The summed E-state index contributed by atoms with van der Waals surface area (Å²) >= 11 is 0. The number of hydrogen-bond donors (Lipinski definition) is 0. The second-order valence-corrected chi connectivity index (χ2v) is 12.7. The Hall–Kier alpha value is -2.45. The minimum Gasteiger partial charge on any atom is -0.377 e. The molecule has 33 heavy (non-hydrogen) atoms. The number of aromatic nitrogens is 3. The fourth-order valence-corrected chi connectivity index (χ4v) is 6.21. The second-order valence-electron chi connectivity index (χ2n) is 10.4. The molecule has 5 rings (SSSR count). The number of benzene rings is 1. The minimum atomic E-state index is -3.30. The molecule has 176 valence electrons. The fourth-order valence-electron chi connectivity index (χ4n) is 4.88. The Labute approximate surface area is 195 Å². The third kappa shape index (κ3) is 3.73. The maximum atomic E-state index is 12.7. The van der Waals surface area contributed by atoms with Crippen LogP contribution in [0, 0.1) is 0 Å². The van der Waals surface area contributed by atoms with Gasteiger partial charge in [-0.25, -0.2) is 18.4 Å². The van der Waals surface area contributed by atoms with E-state index in [9.17, 15) is 8.42 Å². The summed E-state index contributed by atoms with van der Waals surface area (Å²) in [6, 6.07) is 10.3. The van der Waals surface area contributed by atoms with Gasteiger partial charge >= 0.3 is 0 Å². The van der Waals surface area contributed by atoms with E-state index in [1.165, 1.54) is 6.26 Å². The highest BCUT2D eigenvalue weighted by Gasteiger charge is 2.55. The molecule has 0 radical (unpaired) electrons. The Kier molecular flexibility index (Phi) is 5.10. The predicted octanol–water partition coefficient (Wildman–Crippen LogP) is 4.11. The summed E-state index contributed by atoms with van der Waals surface area (Å²) in [5, 5.41) is 1.06. The second kappa shape index (κ2) is 7.53. The van der Waals surface area contributed by atoms with Crippen molar-refractivity contribution < 1.29 is 13.2 Å². The lowest BCUT2D eigenvalue weighted by atomic mass is 10.1. The van der Waals surface area contributed by atoms with Crippen molar-refractivity contribution in [1.82, 2.24) is 14.5 Å². The van der Waals surface area contributed by atoms with Crippen LogP contribution in [0.3, 0.4) is 0 Å². The lowest BCUT2D eigenvalue weighted by molar-refractivity contribution is 0.0985. The Morgan fingerprint density at radius 1 is 1.15 bits per heavy atom. The molecule has 2 aromatic heterocycles. The summed E-state index contributed by atoms with van der Waals surface area (Å²) < 4.78 is 32.5. The van der Waals surface area contributed by atoms with E-state index in [0.717, 1.165) is 22.3 Å². The largest absolute Gasteiger partial charge is 0.377 e. The third-order valence-electron chi connectivity index (χ3n) is 6.95. The SMILES string of the molecule is C[C@@H]1COCCN1c1cc(C2(S(C)(=O)=O)CC2)nc(-c2cccc3c2ccn3C(C)(C)C)n1. The molecule has 0 bridgehead atoms. The summed E-state index contributed by atoms with van der Waals surface area (Å²) in [7, 11) is -3.30. The first-order chi connectivity index (χ1) is 15.5. The van der Waals surface area contributed by atoms with Crippen molar-refractivity contribution in [3.05, 3.63) is 42.2 Å². The molecule has 3 heterocycles. The van der Waals surface area contributed by atoms with Crippen molar-refractivity contribution in [2.75, 3.05) is 30.9 Å². The van der Waals surface area contributed by atoms with Crippen LogP contribution in [-0.2, 0) is 24.9 Å². The van der Waals surface area contributed by atoms with Gasteiger partial charge < -0.3 is 14.2 Å². The van der Waals surface area contributed by atoms with Crippen molar-refractivity contribution in [2.45, 2.75) is 56.9 Å². The molecule has 0 amide bonds. The van der Waals surface area contributed by atoms with Crippen LogP contribution in [0.1, 0.15) is 46.2 Å². The molecule has 1 atom stereocenters. The maximum Gasteiger partial charge on any atom is 0.162 e. The Bertz CT molecular complexity index is 1320. The highest BCUT2D eigenvalue weighted by Crippen LogP contribution is 2.52. The van der Waals surface area contributed by atoms with Crippen molar-refractivity contribution in [3.8, 4) is 11.4 Å². The molecule has 0 unspecified atom stereocenters. The summed E-state index contributed by atoms with van der Waals surface area (Å²) in [5.74, 6) is 1.35. The summed E-state index contributed by atoms with van der Waals surface area (Å²) in [4.78, 5) is 12.1. The van der Waals surface area contributed by atoms with Crippen LogP contribution in [0.5, 0.6) is 0 Å². The first-order valence-electron chi connectivity index (χ1n) is 11.6. The maximum absolute atomic E-state index is 12.7. The lowest BCUT2D eigenvalue weighted by Gasteiger charge is -2.34. The lowest BCUT2D eigenvalue weighted by Crippen LogP contribution is -2.44. The molecule has 1 saturated carbocycles. The van der Waals surface area contributed by atoms with E-state index in [4.69, 9.17) is 14.7 Å². The smallest absolute Gasteiger partial charge is 0.162 e. The summed E-state index contributed by atoms with van der Waals surface area (Å²) in [6.07, 6.45) is 4.63. The minimum absolute atomic E-state index is 0.0637. The normalized spacial score (nSPS) is 20.9. The number of fused-ring (bicyclic) bond motifs is 1. The van der Waals surface area contributed by atoms with Crippen molar-refractivity contribution >= 4 is 26.6 Å². The zero-order valence-electron chi connectivity index (χ0n) is 20.0. The van der Waals surface area contributed by atoms with Gasteiger partial charge in [-0.2, -0.15) is 0 Å². The van der Waals surface area contributed by atoms with Crippen LogP contribution >= 0.6 is 0 Å². The number of morpholine rings is 1. The molecule has 0 spiro atoms. The van der Waals surface area contributed by atoms with Gasteiger partial charge in [0.05, 0.1) is 24.9 Å². The van der Waals surface area contributed by atoms with Crippen LogP contribution in [0.25, 0.3) is 22.3 Å². The molecule has 1 aliphatic heterocycles. The number of ether oxygens (including phenoxy) is 1. The number of nitrogens with zero attached hydrogens (tertiary/aromatic N) is 4. The molecule has 1 aliphatic carbocycles. The van der Waals surface area contributed by atoms with Gasteiger partial charge in [0, 0.05) is 47.1 Å². The van der Waals surface area contributed by atoms with Crippen LogP contribution in [-0.4, -0.2) is 55.0 Å². The molecule has 2 aliphatic rings. The van der Waals surface area contributed by atoms with E-state index < -0.39 is 14.6 Å². The Morgan fingerprint density at radius 3 is 2.55 bits per heavy atom. The monoisotopic (exact) mass is 468 g/mol. The summed E-state index contributed by atoms with van der Waals surface area (Å²) in [6.45, 7) is 10.6. The zero-order valence-corrected chi connectivity index (χ0v) is 20.8. The van der Waals surface area contributed by atoms with E-state index in [0.29, 0.717) is 44.1 Å². The predicted molar refractivity (Wildman–Crippen MR) is 131 cm³/mol. The quantitative estimate of drug-likeness (QED) is 0.573. The van der Waals surface area contributed by atoms with Crippen molar-refractivity contribution in [3.63, 3.8) is 0 Å². The van der Waals surface area contributed by atoms with Gasteiger partial charge in [-0.15, -0.1) is 0 Å². The van der Waals surface area contributed by atoms with E-state index in [1.54, 1.807) is 0 Å². The molecule has 2 fully saturated rings. The average Bonchev–Trinajstić information content (AvgIpc) is 3.46. The molecule has 0 N–H and O–H groups in total. The molecule has 1 aromatic carbocycles. The third-order valence-corrected chi connectivity index (χ3v) is 8.99. The molecule has 8 heteroatoms. The van der Waals surface area contributed by atoms with Crippen LogP contribution in [0.2, 0.25) is 0 Å². The van der Waals surface area contributed by atoms with E-state index in [1.807, 2.05) is 18.2 Å². The zero-order chi connectivity index (χ0) is 23.6. The first-order valence-corrected chi connectivity index (χ1v) is 13.4. The van der Waals surface area contributed by atoms with Crippen LogP contribution in [0.15, 0.2) is 36.5 Å². The van der Waals surface area contributed by atoms with Gasteiger partial charge in [-0.1, -0.05) is 12.1 Å².